The second-order valence-electron chi connectivity index (χ2n) is 17.9. The summed E-state index contributed by atoms with van der Waals surface area (Å²) in [5, 5.41) is 17.9. The summed E-state index contributed by atoms with van der Waals surface area (Å²) in [5.74, 6) is -4.75. The fourth-order valence-electron chi connectivity index (χ4n) is 7.90. The summed E-state index contributed by atoms with van der Waals surface area (Å²) in [4.78, 5) is 76.4. The summed E-state index contributed by atoms with van der Waals surface area (Å²) in [7, 11) is 2.00. The molecule has 0 unspecified atom stereocenters. The molecule has 0 radical (unpaired) electrons. The van der Waals surface area contributed by atoms with Crippen molar-refractivity contribution in [3.63, 3.8) is 0 Å². The second-order valence-corrected chi connectivity index (χ2v) is 18.8. The van der Waals surface area contributed by atoms with Crippen LogP contribution in [0.2, 0.25) is 0 Å². The number of anilines is 2. The van der Waals surface area contributed by atoms with Gasteiger partial charge in [0.1, 0.15) is 22.6 Å². The quantitative estimate of drug-likeness (QED) is 0.0369. The Kier molecular flexibility index (Phi) is 19.4. The van der Waals surface area contributed by atoms with Gasteiger partial charge in [0.15, 0.2) is 6.10 Å². The van der Waals surface area contributed by atoms with Crippen LogP contribution in [0.1, 0.15) is 137 Å². The Morgan fingerprint density at radius 2 is 1.82 bits per heavy atom. The fraction of sp³-hybridized carbons (Fsp3) is 0.689. The number of hydrogen-bond acceptors (Lipinski definition) is 10. The molecule has 15 heteroatoms. The number of aliphatic carboxylic acids is 1. The fourth-order valence-corrected chi connectivity index (χ4v) is 8.69. The van der Waals surface area contributed by atoms with Crippen LogP contribution in [0.5, 0.6) is 0 Å². The molecule has 336 valence electrons. The number of benzene rings is 1. The van der Waals surface area contributed by atoms with E-state index in [0.29, 0.717) is 29.5 Å². The maximum atomic E-state index is 14.9. The van der Waals surface area contributed by atoms with Crippen LogP contribution in [0, 0.1) is 40.8 Å². The summed E-state index contributed by atoms with van der Waals surface area (Å²) in [6.07, 6.45) is 5.33. The van der Waals surface area contributed by atoms with Gasteiger partial charge in [-0.2, -0.15) is 0 Å². The van der Waals surface area contributed by atoms with E-state index in [9.17, 15) is 33.5 Å². The first-order valence-electron chi connectivity index (χ1n) is 21.7. The van der Waals surface area contributed by atoms with E-state index in [-0.39, 0.29) is 60.6 Å². The van der Waals surface area contributed by atoms with Crippen molar-refractivity contribution in [1.82, 2.24) is 20.1 Å². The summed E-state index contributed by atoms with van der Waals surface area (Å²) in [6, 6.07) is 3.81. The lowest BCUT2D eigenvalue weighted by Crippen LogP contribution is -2.56. The molecule has 0 bridgehead atoms. The lowest BCUT2D eigenvalue weighted by Gasteiger charge is -2.40. The number of piperidine rings is 1. The minimum absolute atomic E-state index is 0.0372. The van der Waals surface area contributed by atoms with E-state index in [4.69, 9.17) is 10.5 Å². The average molecular weight is 859 g/mol. The number of nitrogens with one attached hydrogen (secondary N) is 2. The van der Waals surface area contributed by atoms with Gasteiger partial charge >= 0.3 is 11.9 Å². The van der Waals surface area contributed by atoms with Crippen LogP contribution in [0.3, 0.4) is 0 Å². The van der Waals surface area contributed by atoms with Crippen LogP contribution >= 0.6 is 11.3 Å². The third kappa shape index (κ3) is 14.5. The van der Waals surface area contributed by atoms with Gasteiger partial charge in [-0.05, 0) is 88.4 Å². The molecule has 1 aromatic carbocycles. The Morgan fingerprint density at radius 3 is 2.42 bits per heavy atom. The van der Waals surface area contributed by atoms with E-state index in [1.807, 2.05) is 39.6 Å². The molecule has 1 aliphatic rings. The second kappa shape index (κ2) is 23.2. The largest absolute Gasteiger partial charge is 0.481 e. The first-order valence-corrected chi connectivity index (χ1v) is 22.6. The van der Waals surface area contributed by atoms with Gasteiger partial charge in [-0.25, -0.2) is 9.37 Å². The third-order valence-electron chi connectivity index (χ3n) is 12.0. The van der Waals surface area contributed by atoms with Gasteiger partial charge in [0, 0.05) is 43.8 Å². The molecule has 0 spiro atoms. The van der Waals surface area contributed by atoms with Gasteiger partial charge in [-0.1, -0.05) is 73.3 Å². The molecule has 1 aliphatic heterocycles. The molecule has 3 rings (SSSR count). The molecule has 2 aromatic rings. The summed E-state index contributed by atoms with van der Waals surface area (Å²) >= 11 is 1.18. The molecule has 0 aliphatic carbocycles. The molecule has 1 saturated heterocycles. The number of nitrogens with two attached hydrogens (primary N) is 1. The van der Waals surface area contributed by atoms with E-state index in [2.05, 4.69) is 34.4 Å². The van der Waals surface area contributed by atoms with E-state index < -0.39 is 53.1 Å². The highest BCUT2D eigenvalue weighted by molar-refractivity contribution is 7.10. The van der Waals surface area contributed by atoms with Crippen molar-refractivity contribution in [3.05, 3.63) is 40.0 Å². The number of halogens is 1. The van der Waals surface area contributed by atoms with E-state index >= 15 is 0 Å². The number of esters is 1. The van der Waals surface area contributed by atoms with Crippen LogP contribution < -0.4 is 16.4 Å². The Labute approximate surface area is 360 Å². The van der Waals surface area contributed by atoms with Crippen LogP contribution in [0.4, 0.5) is 15.9 Å². The highest BCUT2D eigenvalue weighted by Gasteiger charge is 2.41. The van der Waals surface area contributed by atoms with Crippen LogP contribution in [-0.4, -0.2) is 81.9 Å². The highest BCUT2D eigenvalue weighted by atomic mass is 32.1. The smallest absolute Gasteiger partial charge is 0.309 e. The molecular weight excluding hydrogens is 788 g/mol. The zero-order valence-electron chi connectivity index (χ0n) is 37.5. The number of likely N-dealkylation sites (tertiary alicyclic amines) is 1. The number of carbonyl (C=O) groups excluding carboxylic acids is 4. The van der Waals surface area contributed by atoms with Crippen LogP contribution in [0.25, 0.3) is 0 Å². The maximum Gasteiger partial charge on any atom is 0.309 e. The van der Waals surface area contributed by atoms with Gasteiger partial charge < -0.3 is 31.1 Å². The van der Waals surface area contributed by atoms with Gasteiger partial charge in [0.05, 0.1) is 17.3 Å². The maximum absolute atomic E-state index is 14.9. The third-order valence-corrected chi connectivity index (χ3v) is 12.9. The van der Waals surface area contributed by atoms with Crippen molar-refractivity contribution in [1.29, 1.82) is 0 Å². The molecule has 60 heavy (non-hydrogen) atoms. The van der Waals surface area contributed by atoms with Crippen LogP contribution in [0.15, 0.2) is 23.6 Å². The monoisotopic (exact) mass is 859 g/mol. The van der Waals surface area contributed by atoms with Crippen molar-refractivity contribution >= 4 is 52.5 Å². The minimum Gasteiger partial charge on any atom is -0.481 e. The molecule has 1 fully saturated rings. The van der Waals surface area contributed by atoms with E-state index in [0.717, 1.165) is 45.1 Å². The SMILES string of the molecule is CCCCCCN(C(=O)[C@H](C(=O)N[C@H]1C[C@H](C)CCN1C)[C@@H](C)CC)[C@H](C[C@@H](OC(C)=O)c1nc(NC(=O)[C@@H](Cc2ccc(N)c(F)c2)CC(C)(C)C(=O)O)cs1)C(C)C. The molecule has 3 amide bonds. The molecule has 0 saturated carbocycles. The number of hydrogen-bond donors (Lipinski definition) is 4. The first kappa shape index (κ1) is 50.2. The Bertz CT molecular complexity index is 1750. The highest BCUT2D eigenvalue weighted by Crippen LogP contribution is 2.35. The zero-order valence-corrected chi connectivity index (χ0v) is 38.3. The molecule has 5 N–H and O–H groups in total. The Morgan fingerprint density at radius 1 is 1.12 bits per heavy atom. The normalized spacial score (nSPS) is 18.5. The number of ether oxygens (including phenoxy) is 1. The number of nitrogens with zero attached hydrogens (tertiary/aromatic N) is 3. The Balaban J connectivity index is 1.96. The number of carbonyl (C=O) groups is 5. The van der Waals surface area contributed by atoms with Gasteiger partial charge in [-0.15, -0.1) is 11.3 Å². The molecule has 7 atom stereocenters. The Hall–Kier alpha value is -4.11. The van der Waals surface area contributed by atoms with E-state index in [1.54, 1.807) is 11.4 Å². The van der Waals surface area contributed by atoms with Crippen molar-refractivity contribution in [3.8, 4) is 0 Å². The first-order chi connectivity index (χ1) is 28.2. The lowest BCUT2D eigenvalue weighted by atomic mass is 9.80. The molecule has 1 aromatic heterocycles. The van der Waals surface area contributed by atoms with Gasteiger partial charge in [0.25, 0.3) is 0 Å². The number of rotatable bonds is 23. The van der Waals surface area contributed by atoms with Gasteiger partial charge in [-0.3, -0.25) is 28.9 Å². The van der Waals surface area contributed by atoms with Gasteiger partial charge in [0.2, 0.25) is 17.7 Å². The van der Waals surface area contributed by atoms with Crippen molar-refractivity contribution in [2.45, 2.75) is 145 Å². The number of thiazole rings is 1. The zero-order chi connectivity index (χ0) is 44.9. The predicted octanol–water partition coefficient (Wildman–Crippen LogP) is 8.06. The van der Waals surface area contributed by atoms with E-state index in [1.165, 1.54) is 44.2 Å². The standard InChI is InChI=1S/C45H71FN6O7S/c1-11-13-14-15-19-52(43(56)39(29(6)12-2)41(55)50-38-21-28(5)18-20-51(38)10)35(27(3)4)24-36(59-30(7)53)42-49-37(26-60-42)48-40(54)32(25-45(8,9)44(57)58)22-31-16-17-34(47)33(46)23-31/h16-17,23,26-29,32,35-36,38-39H,11-15,18-22,24-25,47H2,1-10H3,(H,48,54)(H,50,55)(H,57,58)/t28-,29+,32+,35-,36-,38-,39+/m1/s1. The number of nitrogen functional groups attached to an aromatic ring is 1. The van der Waals surface area contributed by atoms with Crippen molar-refractivity contribution in [2.75, 3.05) is 31.2 Å². The summed E-state index contributed by atoms with van der Waals surface area (Å²) in [5.41, 5.74) is 4.84. The number of unbranched alkanes of at least 4 members (excludes halogenated alkanes) is 3. The predicted molar refractivity (Wildman–Crippen MR) is 234 cm³/mol. The topological polar surface area (TPSA) is 184 Å². The van der Waals surface area contributed by atoms with Crippen LogP contribution in [-0.2, 0) is 35.1 Å². The average Bonchev–Trinajstić information content (AvgIpc) is 3.64. The number of carboxylic acid groups (broad SMARTS) is 1. The number of aromatic nitrogens is 1. The van der Waals surface area contributed by atoms with Crippen molar-refractivity contribution in [2.24, 2.45) is 35.0 Å². The van der Waals surface area contributed by atoms with Crippen molar-refractivity contribution < 1.29 is 38.2 Å². The number of amides is 3. The minimum atomic E-state index is -1.27. The summed E-state index contributed by atoms with van der Waals surface area (Å²) in [6.45, 7) is 17.9. The molecule has 13 nitrogen and oxygen atoms in total. The lowest BCUT2D eigenvalue weighted by molar-refractivity contribution is -0.151. The molecule has 2 heterocycles. The number of carboxylic acids is 1. The molecular formula is C45H71FN6O7S. The summed E-state index contributed by atoms with van der Waals surface area (Å²) < 4.78 is 20.3.